The predicted octanol–water partition coefficient (Wildman–Crippen LogP) is 2.21. The molecule has 0 aliphatic heterocycles. The van der Waals surface area contributed by atoms with E-state index in [9.17, 15) is 4.79 Å². The third-order valence-electron chi connectivity index (χ3n) is 3.20. The maximum absolute atomic E-state index is 11.8. The van der Waals surface area contributed by atoms with Crippen molar-refractivity contribution in [2.75, 3.05) is 11.9 Å². The lowest BCUT2D eigenvalue weighted by Gasteiger charge is -2.10. The molecule has 1 heterocycles. The van der Waals surface area contributed by atoms with E-state index >= 15 is 0 Å². The zero-order chi connectivity index (χ0) is 13.7. The summed E-state index contributed by atoms with van der Waals surface area (Å²) >= 11 is 1.47. The van der Waals surface area contributed by atoms with E-state index in [4.69, 9.17) is 0 Å². The van der Waals surface area contributed by atoms with E-state index in [1.165, 1.54) is 37.0 Å². The Labute approximate surface area is 118 Å². The Morgan fingerprint density at radius 1 is 1.37 bits per heavy atom. The van der Waals surface area contributed by atoms with Crippen LogP contribution in [0.1, 0.15) is 44.5 Å². The van der Waals surface area contributed by atoms with Crippen LogP contribution in [-0.2, 0) is 11.2 Å². The van der Waals surface area contributed by atoms with Crippen LogP contribution < -0.4 is 10.6 Å². The van der Waals surface area contributed by atoms with Gasteiger partial charge in [0.05, 0.1) is 6.54 Å². The second-order valence-electron chi connectivity index (χ2n) is 5.51. The molecule has 6 heteroatoms. The van der Waals surface area contributed by atoms with Gasteiger partial charge in [0.15, 0.2) is 0 Å². The molecule has 1 aliphatic carbocycles. The molecule has 1 amide bonds. The molecule has 0 radical (unpaired) electrons. The van der Waals surface area contributed by atoms with Crippen LogP contribution in [0.5, 0.6) is 0 Å². The summed E-state index contributed by atoms with van der Waals surface area (Å²) in [5.74, 6) is 0.527. The molecule has 0 atom stereocenters. The van der Waals surface area contributed by atoms with Crippen LogP contribution >= 0.6 is 11.3 Å². The standard InChI is InChI=1S/C13H22N4OS/c1-9(2)7-12-16-17-13(19-12)15-11(18)8-14-10-5-3-4-6-10/h9-10,14H,3-8H2,1-2H3,(H,15,17,18). The fraction of sp³-hybridized carbons (Fsp3) is 0.769. The van der Waals surface area contributed by atoms with Crippen LogP contribution in [0.25, 0.3) is 0 Å². The van der Waals surface area contributed by atoms with Crippen LogP contribution in [0.2, 0.25) is 0 Å². The Balaban J connectivity index is 1.73. The highest BCUT2D eigenvalue weighted by atomic mass is 32.1. The summed E-state index contributed by atoms with van der Waals surface area (Å²) in [6, 6.07) is 0.511. The Morgan fingerprint density at radius 3 is 2.79 bits per heavy atom. The van der Waals surface area contributed by atoms with Crippen LogP contribution in [0.4, 0.5) is 5.13 Å². The van der Waals surface area contributed by atoms with Crippen molar-refractivity contribution < 1.29 is 4.79 Å². The number of carbonyl (C=O) groups is 1. The minimum Gasteiger partial charge on any atom is -0.306 e. The fourth-order valence-corrected chi connectivity index (χ4v) is 3.23. The van der Waals surface area contributed by atoms with E-state index in [-0.39, 0.29) is 5.91 Å². The molecule has 0 unspecified atom stereocenters. The van der Waals surface area contributed by atoms with Gasteiger partial charge in [0, 0.05) is 12.5 Å². The summed E-state index contributed by atoms with van der Waals surface area (Å²) in [5, 5.41) is 15.8. The number of carbonyl (C=O) groups excluding carboxylic acids is 1. The lowest BCUT2D eigenvalue weighted by molar-refractivity contribution is -0.115. The van der Waals surface area contributed by atoms with Crippen molar-refractivity contribution >= 4 is 22.4 Å². The molecule has 1 aromatic rings. The molecule has 1 fully saturated rings. The topological polar surface area (TPSA) is 66.9 Å². The third-order valence-corrected chi connectivity index (χ3v) is 4.06. The number of anilines is 1. The predicted molar refractivity (Wildman–Crippen MR) is 77.3 cm³/mol. The fourth-order valence-electron chi connectivity index (χ4n) is 2.27. The van der Waals surface area contributed by atoms with Crippen molar-refractivity contribution in [1.82, 2.24) is 15.5 Å². The highest BCUT2D eigenvalue weighted by Gasteiger charge is 2.16. The molecule has 2 rings (SSSR count). The monoisotopic (exact) mass is 282 g/mol. The van der Waals surface area contributed by atoms with Crippen LogP contribution in [0.15, 0.2) is 0 Å². The maximum atomic E-state index is 11.8. The van der Waals surface area contributed by atoms with Gasteiger partial charge in [-0.15, -0.1) is 10.2 Å². The van der Waals surface area contributed by atoms with Gasteiger partial charge in [-0.3, -0.25) is 10.1 Å². The number of hydrogen-bond acceptors (Lipinski definition) is 5. The van der Waals surface area contributed by atoms with E-state index in [1.807, 2.05) is 0 Å². The van der Waals surface area contributed by atoms with Gasteiger partial charge < -0.3 is 5.32 Å². The summed E-state index contributed by atoms with van der Waals surface area (Å²) in [6.07, 6.45) is 5.83. The molecule has 0 saturated heterocycles. The number of rotatable bonds is 6. The minimum absolute atomic E-state index is 0.0286. The second kappa shape index (κ2) is 6.96. The van der Waals surface area contributed by atoms with Gasteiger partial charge in [-0.2, -0.15) is 0 Å². The molecule has 1 saturated carbocycles. The van der Waals surface area contributed by atoms with Gasteiger partial charge in [-0.1, -0.05) is 38.0 Å². The third kappa shape index (κ3) is 4.87. The van der Waals surface area contributed by atoms with Gasteiger partial charge in [0.2, 0.25) is 11.0 Å². The first-order chi connectivity index (χ1) is 9.13. The number of nitrogens with zero attached hydrogens (tertiary/aromatic N) is 2. The van der Waals surface area contributed by atoms with Crippen LogP contribution in [-0.4, -0.2) is 28.7 Å². The molecule has 0 bridgehead atoms. The number of hydrogen-bond donors (Lipinski definition) is 2. The van der Waals surface area contributed by atoms with Crippen molar-refractivity contribution in [3.63, 3.8) is 0 Å². The first-order valence-electron chi connectivity index (χ1n) is 6.99. The molecule has 0 aromatic carbocycles. The van der Waals surface area contributed by atoms with Gasteiger partial charge >= 0.3 is 0 Å². The van der Waals surface area contributed by atoms with Crippen molar-refractivity contribution in [2.45, 2.75) is 52.0 Å². The summed E-state index contributed by atoms with van der Waals surface area (Å²) in [6.45, 7) is 4.65. The van der Waals surface area contributed by atoms with Crippen molar-refractivity contribution in [3.05, 3.63) is 5.01 Å². The van der Waals surface area contributed by atoms with E-state index in [2.05, 4.69) is 34.7 Å². The second-order valence-corrected chi connectivity index (χ2v) is 6.57. The Bertz CT molecular complexity index is 413. The summed E-state index contributed by atoms with van der Waals surface area (Å²) in [5.41, 5.74) is 0. The van der Waals surface area contributed by atoms with Crippen molar-refractivity contribution in [3.8, 4) is 0 Å². The first kappa shape index (κ1) is 14.4. The Kier molecular flexibility index (Phi) is 5.27. The van der Waals surface area contributed by atoms with Crippen molar-refractivity contribution in [2.24, 2.45) is 5.92 Å². The molecular formula is C13H22N4OS. The van der Waals surface area contributed by atoms with E-state index in [0.717, 1.165) is 11.4 Å². The van der Waals surface area contributed by atoms with Crippen LogP contribution in [0, 0.1) is 5.92 Å². The average molecular weight is 282 g/mol. The highest BCUT2D eigenvalue weighted by molar-refractivity contribution is 7.15. The van der Waals surface area contributed by atoms with Crippen molar-refractivity contribution in [1.29, 1.82) is 0 Å². The van der Waals surface area contributed by atoms with E-state index < -0.39 is 0 Å². The lowest BCUT2D eigenvalue weighted by Crippen LogP contribution is -2.34. The van der Waals surface area contributed by atoms with E-state index in [1.54, 1.807) is 0 Å². The lowest BCUT2D eigenvalue weighted by atomic mass is 10.1. The molecule has 1 aliphatic rings. The maximum Gasteiger partial charge on any atom is 0.240 e. The Morgan fingerprint density at radius 2 is 2.11 bits per heavy atom. The van der Waals surface area contributed by atoms with Gasteiger partial charge in [-0.25, -0.2) is 0 Å². The zero-order valence-electron chi connectivity index (χ0n) is 11.6. The van der Waals surface area contributed by atoms with Gasteiger partial charge in [0.1, 0.15) is 5.01 Å². The normalized spacial score (nSPS) is 16.2. The first-order valence-corrected chi connectivity index (χ1v) is 7.80. The highest BCUT2D eigenvalue weighted by Crippen LogP contribution is 2.19. The Hall–Kier alpha value is -1.01. The molecule has 5 nitrogen and oxygen atoms in total. The number of aromatic nitrogens is 2. The zero-order valence-corrected chi connectivity index (χ0v) is 12.4. The summed E-state index contributed by atoms with van der Waals surface area (Å²) < 4.78 is 0. The average Bonchev–Trinajstić information content (AvgIpc) is 2.97. The number of amides is 1. The molecule has 2 N–H and O–H groups in total. The van der Waals surface area contributed by atoms with Gasteiger partial charge in [0.25, 0.3) is 0 Å². The van der Waals surface area contributed by atoms with Crippen LogP contribution in [0.3, 0.4) is 0 Å². The summed E-state index contributed by atoms with van der Waals surface area (Å²) in [4.78, 5) is 11.8. The largest absolute Gasteiger partial charge is 0.306 e. The summed E-state index contributed by atoms with van der Waals surface area (Å²) in [7, 11) is 0. The van der Waals surface area contributed by atoms with E-state index in [0.29, 0.717) is 23.6 Å². The molecule has 1 aromatic heterocycles. The molecular weight excluding hydrogens is 260 g/mol. The quantitative estimate of drug-likeness (QED) is 0.839. The molecule has 0 spiro atoms. The smallest absolute Gasteiger partial charge is 0.240 e. The molecule has 106 valence electrons. The number of nitrogens with one attached hydrogen (secondary N) is 2. The molecule has 19 heavy (non-hydrogen) atoms. The minimum atomic E-state index is -0.0286. The van der Waals surface area contributed by atoms with Gasteiger partial charge in [-0.05, 0) is 18.8 Å². The SMILES string of the molecule is CC(C)Cc1nnc(NC(=O)CNC2CCCC2)s1.